The van der Waals surface area contributed by atoms with E-state index in [1.807, 2.05) is 0 Å². The summed E-state index contributed by atoms with van der Waals surface area (Å²) in [5.41, 5.74) is -0.406. The molecule has 9 nitrogen and oxygen atoms in total. The van der Waals surface area contributed by atoms with E-state index in [2.05, 4.69) is 10.6 Å². The number of ether oxygens (including phenoxy) is 1. The molecule has 4 rings (SSSR count). The number of amides is 2. The Labute approximate surface area is 190 Å². The molecule has 32 heavy (non-hydrogen) atoms. The van der Waals surface area contributed by atoms with Gasteiger partial charge in [0.25, 0.3) is 11.8 Å². The van der Waals surface area contributed by atoms with Crippen molar-refractivity contribution in [3.05, 3.63) is 35.4 Å². The molecule has 3 aliphatic heterocycles. The third-order valence-electron chi connectivity index (χ3n) is 5.95. The maximum Gasteiger partial charge on any atom is 0.332 e. The van der Waals surface area contributed by atoms with E-state index in [1.54, 1.807) is 45.0 Å². The number of carbonyl (C=O) groups excluding carboxylic acids is 3. The Hall–Kier alpha value is -2.43. The quantitative estimate of drug-likeness (QED) is 0.448. The summed E-state index contributed by atoms with van der Waals surface area (Å²) in [6.07, 6.45) is 1.17. The van der Waals surface area contributed by atoms with Crippen molar-refractivity contribution >= 4 is 35.5 Å². The second kappa shape index (κ2) is 8.17. The Kier molecular flexibility index (Phi) is 5.81. The number of aliphatic carboxylic acids is 1. The van der Waals surface area contributed by atoms with Gasteiger partial charge in [-0.15, -0.1) is 11.8 Å². The summed E-state index contributed by atoms with van der Waals surface area (Å²) < 4.78 is 4.94. The predicted molar refractivity (Wildman–Crippen MR) is 117 cm³/mol. The molecule has 2 fully saturated rings. The minimum absolute atomic E-state index is 0.223. The molecule has 0 bridgehead atoms. The molecule has 3 heterocycles. The monoisotopic (exact) mass is 461 g/mol. The van der Waals surface area contributed by atoms with Gasteiger partial charge in [-0.25, -0.2) is 4.79 Å². The molecule has 1 aromatic carbocycles. The summed E-state index contributed by atoms with van der Waals surface area (Å²) in [5, 5.41) is 15.4. The second-order valence-electron chi connectivity index (χ2n) is 9.30. The van der Waals surface area contributed by atoms with Crippen LogP contribution in [0.5, 0.6) is 0 Å². The Morgan fingerprint density at radius 1 is 1.16 bits per heavy atom. The van der Waals surface area contributed by atoms with Gasteiger partial charge in [0.1, 0.15) is 11.6 Å². The van der Waals surface area contributed by atoms with Gasteiger partial charge in [0, 0.05) is 4.75 Å². The van der Waals surface area contributed by atoms with Crippen LogP contribution in [0.4, 0.5) is 0 Å². The van der Waals surface area contributed by atoms with Crippen molar-refractivity contribution in [1.82, 2.24) is 15.5 Å². The molecule has 0 aromatic heterocycles. The maximum absolute atomic E-state index is 13.3. The zero-order chi connectivity index (χ0) is 23.3. The second-order valence-corrected chi connectivity index (χ2v) is 10.9. The number of carboxylic acids is 1. The number of esters is 1. The SMILES string of the molecule is CC(C)(C)OC(=O)C(C1NC(C(=O)O)C2(CCNCC2)S1)N1C(=O)c2ccccc2C1=O. The number of thioether (sulfide) groups is 1. The Balaban J connectivity index is 1.73. The van der Waals surface area contributed by atoms with Crippen LogP contribution in [0.15, 0.2) is 24.3 Å². The van der Waals surface area contributed by atoms with Crippen molar-refractivity contribution < 1.29 is 29.0 Å². The smallest absolute Gasteiger partial charge is 0.332 e. The number of hydrogen-bond donors (Lipinski definition) is 3. The van der Waals surface area contributed by atoms with E-state index in [0.29, 0.717) is 25.9 Å². The summed E-state index contributed by atoms with van der Waals surface area (Å²) >= 11 is 1.32. The average molecular weight is 462 g/mol. The van der Waals surface area contributed by atoms with Crippen molar-refractivity contribution in [2.24, 2.45) is 0 Å². The van der Waals surface area contributed by atoms with Gasteiger partial charge >= 0.3 is 11.9 Å². The highest BCUT2D eigenvalue weighted by molar-refractivity contribution is 8.01. The minimum Gasteiger partial charge on any atom is -0.480 e. The van der Waals surface area contributed by atoms with Crippen LogP contribution in [0, 0.1) is 0 Å². The summed E-state index contributed by atoms with van der Waals surface area (Å²) in [6.45, 7) is 6.40. The Morgan fingerprint density at radius 2 is 1.72 bits per heavy atom. The minimum atomic E-state index is -1.30. The molecule has 172 valence electrons. The van der Waals surface area contributed by atoms with E-state index in [9.17, 15) is 24.3 Å². The van der Waals surface area contributed by atoms with Crippen LogP contribution < -0.4 is 10.6 Å². The van der Waals surface area contributed by atoms with Crippen LogP contribution in [-0.2, 0) is 14.3 Å². The molecule has 2 amide bonds. The van der Waals surface area contributed by atoms with E-state index in [0.717, 1.165) is 4.90 Å². The van der Waals surface area contributed by atoms with E-state index < -0.39 is 51.6 Å². The number of nitrogens with one attached hydrogen (secondary N) is 2. The fourth-order valence-corrected chi connectivity index (χ4v) is 6.38. The first-order valence-electron chi connectivity index (χ1n) is 10.6. The molecule has 10 heteroatoms. The molecule has 0 aliphatic carbocycles. The predicted octanol–water partition coefficient (Wildman–Crippen LogP) is 1.23. The van der Waals surface area contributed by atoms with Gasteiger partial charge in [0.05, 0.1) is 16.5 Å². The zero-order valence-corrected chi connectivity index (χ0v) is 19.0. The van der Waals surface area contributed by atoms with E-state index in [4.69, 9.17) is 4.74 Å². The number of nitrogens with zero attached hydrogens (tertiary/aromatic N) is 1. The standard InChI is InChI=1S/C22H27N3O6S/c1-21(2,3)31-20(30)14(25-17(26)12-6-4-5-7-13(12)18(25)27)16-24-15(19(28)29)22(32-16)8-10-23-11-9-22/h4-7,14-16,23-24H,8-11H2,1-3H3,(H,28,29). The number of hydrogen-bond acceptors (Lipinski definition) is 8. The largest absolute Gasteiger partial charge is 0.480 e. The van der Waals surface area contributed by atoms with Crippen LogP contribution in [0.25, 0.3) is 0 Å². The maximum atomic E-state index is 13.3. The Morgan fingerprint density at radius 3 is 2.22 bits per heavy atom. The number of rotatable bonds is 4. The summed E-state index contributed by atoms with van der Waals surface area (Å²) in [7, 11) is 0. The molecule has 3 aliphatic rings. The lowest BCUT2D eigenvalue weighted by Gasteiger charge is -2.36. The van der Waals surface area contributed by atoms with Crippen LogP contribution >= 0.6 is 11.8 Å². The number of imide groups is 1. The fourth-order valence-electron chi connectivity index (χ4n) is 4.57. The normalized spacial score (nSPS) is 25.7. The van der Waals surface area contributed by atoms with Crippen molar-refractivity contribution in [1.29, 1.82) is 0 Å². The fraction of sp³-hybridized carbons (Fsp3) is 0.545. The van der Waals surface area contributed by atoms with Gasteiger partial charge in [-0.3, -0.25) is 24.6 Å². The van der Waals surface area contributed by atoms with Gasteiger partial charge in [0.15, 0.2) is 6.04 Å². The number of benzene rings is 1. The van der Waals surface area contributed by atoms with E-state index in [-0.39, 0.29) is 11.1 Å². The first-order valence-corrected chi connectivity index (χ1v) is 11.5. The highest BCUT2D eigenvalue weighted by Gasteiger charge is 2.58. The van der Waals surface area contributed by atoms with Gasteiger partial charge < -0.3 is 15.2 Å². The van der Waals surface area contributed by atoms with Crippen molar-refractivity contribution in [3.63, 3.8) is 0 Å². The molecule has 1 spiro atoms. The van der Waals surface area contributed by atoms with E-state index >= 15 is 0 Å². The van der Waals surface area contributed by atoms with Crippen molar-refractivity contribution in [2.75, 3.05) is 13.1 Å². The molecular weight excluding hydrogens is 434 g/mol. The highest BCUT2D eigenvalue weighted by atomic mass is 32.2. The van der Waals surface area contributed by atoms with Crippen LogP contribution in [0.1, 0.15) is 54.3 Å². The molecule has 3 atom stereocenters. The average Bonchev–Trinajstić information content (AvgIpc) is 3.19. The number of fused-ring (bicyclic) bond motifs is 1. The molecule has 0 saturated carbocycles. The van der Waals surface area contributed by atoms with Crippen molar-refractivity contribution in [2.45, 2.75) is 61.4 Å². The highest BCUT2D eigenvalue weighted by Crippen LogP contribution is 2.47. The lowest BCUT2D eigenvalue weighted by atomic mass is 9.89. The first-order chi connectivity index (χ1) is 15.0. The molecule has 3 N–H and O–H groups in total. The number of carbonyl (C=O) groups is 4. The lowest BCUT2D eigenvalue weighted by Crippen LogP contribution is -2.57. The van der Waals surface area contributed by atoms with Crippen LogP contribution in [-0.4, -0.2) is 74.7 Å². The summed E-state index contributed by atoms with van der Waals surface area (Å²) in [6, 6.07) is 4.19. The van der Waals surface area contributed by atoms with Gasteiger partial charge in [-0.2, -0.15) is 0 Å². The molecule has 2 saturated heterocycles. The van der Waals surface area contributed by atoms with Crippen LogP contribution in [0.3, 0.4) is 0 Å². The van der Waals surface area contributed by atoms with Gasteiger partial charge in [-0.05, 0) is 58.8 Å². The molecular formula is C22H27N3O6S. The van der Waals surface area contributed by atoms with Crippen molar-refractivity contribution in [3.8, 4) is 0 Å². The molecule has 3 unspecified atom stereocenters. The number of carboxylic acid groups (broad SMARTS) is 1. The third kappa shape index (κ3) is 3.91. The molecule has 0 radical (unpaired) electrons. The third-order valence-corrected chi connectivity index (χ3v) is 7.72. The zero-order valence-electron chi connectivity index (χ0n) is 18.2. The lowest BCUT2D eigenvalue weighted by molar-refractivity contribution is -0.160. The van der Waals surface area contributed by atoms with Gasteiger partial charge in [0.2, 0.25) is 0 Å². The number of piperidine rings is 1. The van der Waals surface area contributed by atoms with Crippen LogP contribution in [0.2, 0.25) is 0 Å². The topological polar surface area (TPSA) is 125 Å². The summed E-state index contributed by atoms with van der Waals surface area (Å²) in [4.78, 5) is 52.8. The summed E-state index contributed by atoms with van der Waals surface area (Å²) in [5.74, 6) is -2.93. The van der Waals surface area contributed by atoms with E-state index in [1.165, 1.54) is 11.8 Å². The molecule has 1 aromatic rings. The van der Waals surface area contributed by atoms with Gasteiger partial charge in [-0.1, -0.05) is 12.1 Å². The first kappa shape index (κ1) is 22.8. The Bertz CT molecular complexity index is 934.